The van der Waals surface area contributed by atoms with Crippen LogP contribution in [0.25, 0.3) is 0 Å². The second-order valence-corrected chi connectivity index (χ2v) is 3.41. The first-order valence-corrected chi connectivity index (χ1v) is 4.54. The Kier molecular flexibility index (Phi) is 3.37. The molecule has 1 rings (SSSR count). The van der Waals surface area contributed by atoms with Crippen LogP contribution in [-0.2, 0) is 0 Å². The molecule has 1 N–H and O–H groups in total. The van der Waals surface area contributed by atoms with Gasteiger partial charge in [0.05, 0.1) is 6.10 Å². The summed E-state index contributed by atoms with van der Waals surface area (Å²) in [4.78, 5) is 0. The van der Waals surface area contributed by atoms with E-state index < -0.39 is 6.92 Å². The van der Waals surface area contributed by atoms with Crippen LogP contribution in [0, 0.1) is 0 Å². The third-order valence-electron chi connectivity index (χ3n) is 1.73. The predicted octanol–water partition coefficient (Wildman–Crippen LogP) is 1.29. The molecule has 0 radical (unpaired) electrons. The lowest BCUT2D eigenvalue weighted by Gasteiger charge is -2.10. The van der Waals surface area contributed by atoms with Gasteiger partial charge in [0.1, 0.15) is 5.75 Å². The van der Waals surface area contributed by atoms with Crippen LogP contribution < -0.4 is 10.2 Å². The standard InChI is InChI=1S/C10H15BO2/c1-8(2)13-10-6-4-9(5-7-10)11(3)12/h4-8,12H,1-3H3. The molecule has 1 aromatic rings. The summed E-state index contributed by atoms with van der Waals surface area (Å²) in [5.74, 6) is 0.847. The van der Waals surface area contributed by atoms with Gasteiger partial charge in [0.25, 0.3) is 0 Å². The van der Waals surface area contributed by atoms with E-state index in [0.29, 0.717) is 0 Å². The Morgan fingerprint density at radius 1 is 1.23 bits per heavy atom. The molecule has 0 saturated carbocycles. The van der Waals surface area contributed by atoms with Crippen LogP contribution in [0.2, 0.25) is 6.82 Å². The third kappa shape index (κ3) is 3.11. The molecule has 0 aliphatic rings. The molecular weight excluding hydrogens is 163 g/mol. The highest BCUT2D eigenvalue weighted by atomic mass is 16.5. The van der Waals surface area contributed by atoms with Crippen LogP contribution >= 0.6 is 0 Å². The van der Waals surface area contributed by atoms with Crippen molar-refractivity contribution < 1.29 is 9.76 Å². The van der Waals surface area contributed by atoms with Crippen LogP contribution in [-0.4, -0.2) is 18.0 Å². The predicted molar refractivity (Wildman–Crippen MR) is 55.7 cm³/mol. The van der Waals surface area contributed by atoms with E-state index in [1.807, 2.05) is 38.1 Å². The number of hydrogen-bond acceptors (Lipinski definition) is 2. The Balaban J connectivity index is 2.70. The lowest BCUT2D eigenvalue weighted by Crippen LogP contribution is -2.25. The molecule has 0 aliphatic heterocycles. The molecule has 2 nitrogen and oxygen atoms in total. The molecule has 0 aromatic heterocycles. The zero-order valence-electron chi connectivity index (χ0n) is 8.32. The first kappa shape index (κ1) is 10.1. The molecule has 0 saturated heterocycles. The molecule has 0 heterocycles. The minimum Gasteiger partial charge on any atom is -0.491 e. The topological polar surface area (TPSA) is 29.5 Å². The molecule has 3 heteroatoms. The van der Waals surface area contributed by atoms with Gasteiger partial charge in [-0.25, -0.2) is 0 Å². The monoisotopic (exact) mass is 178 g/mol. The average molecular weight is 178 g/mol. The van der Waals surface area contributed by atoms with Crippen molar-refractivity contribution in [3.8, 4) is 5.75 Å². The largest absolute Gasteiger partial charge is 0.491 e. The van der Waals surface area contributed by atoms with Crippen molar-refractivity contribution in [3.63, 3.8) is 0 Å². The smallest absolute Gasteiger partial charge is 0.320 e. The van der Waals surface area contributed by atoms with E-state index in [9.17, 15) is 5.02 Å². The van der Waals surface area contributed by atoms with E-state index in [-0.39, 0.29) is 6.10 Å². The van der Waals surface area contributed by atoms with E-state index in [1.165, 1.54) is 0 Å². The average Bonchev–Trinajstić information content (AvgIpc) is 2.04. The van der Waals surface area contributed by atoms with E-state index in [4.69, 9.17) is 4.74 Å². The second kappa shape index (κ2) is 4.33. The fourth-order valence-electron chi connectivity index (χ4n) is 1.10. The van der Waals surface area contributed by atoms with Crippen LogP contribution in [0.15, 0.2) is 24.3 Å². The molecule has 0 bridgehead atoms. The van der Waals surface area contributed by atoms with Gasteiger partial charge in [0, 0.05) is 0 Å². The Morgan fingerprint density at radius 3 is 2.15 bits per heavy atom. The molecule has 1 aromatic carbocycles. The Hall–Kier alpha value is -0.955. The fourth-order valence-corrected chi connectivity index (χ4v) is 1.10. The fraction of sp³-hybridized carbons (Fsp3) is 0.400. The molecular formula is C10H15BO2. The van der Waals surface area contributed by atoms with Crippen molar-refractivity contribution in [2.75, 3.05) is 0 Å². The molecule has 0 spiro atoms. The normalized spacial score (nSPS) is 10.2. The molecule has 13 heavy (non-hydrogen) atoms. The van der Waals surface area contributed by atoms with Gasteiger partial charge < -0.3 is 9.76 Å². The third-order valence-corrected chi connectivity index (χ3v) is 1.73. The van der Waals surface area contributed by atoms with E-state index in [2.05, 4.69) is 0 Å². The number of rotatable bonds is 3. The van der Waals surface area contributed by atoms with Crippen molar-refractivity contribution in [1.82, 2.24) is 0 Å². The van der Waals surface area contributed by atoms with Gasteiger partial charge in [0.15, 0.2) is 0 Å². The quantitative estimate of drug-likeness (QED) is 0.706. The molecule has 0 atom stereocenters. The van der Waals surface area contributed by atoms with Gasteiger partial charge in [-0.2, -0.15) is 0 Å². The maximum Gasteiger partial charge on any atom is 0.320 e. The zero-order chi connectivity index (χ0) is 9.84. The van der Waals surface area contributed by atoms with Crippen LogP contribution in [0.3, 0.4) is 0 Å². The Bertz CT molecular complexity index is 254. The first-order valence-electron chi connectivity index (χ1n) is 4.54. The number of ether oxygens (including phenoxy) is 1. The van der Waals surface area contributed by atoms with Crippen LogP contribution in [0.1, 0.15) is 13.8 Å². The van der Waals surface area contributed by atoms with Gasteiger partial charge >= 0.3 is 6.92 Å². The van der Waals surface area contributed by atoms with E-state index in [0.717, 1.165) is 11.2 Å². The summed E-state index contributed by atoms with van der Waals surface area (Å²) in [7, 11) is 0. The Labute approximate surface area is 79.7 Å². The maximum absolute atomic E-state index is 9.26. The minimum atomic E-state index is -0.409. The van der Waals surface area contributed by atoms with E-state index >= 15 is 0 Å². The summed E-state index contributed by atoms with van der Waals surface area (Å²) in [6.07, 6.45) is 0.192. The highest BCUT2D eigenvalue weighted by Crippen LogP contribution is 2.09. The minimum absolute atomic E-state index is 0.192. The first-order chi connectivity index (χ1) is 6.09. The summed E-state index contributed by atoms with van der Waals surface area (Å²) in [5, 5.41) is 9.26. The lowest BCUT2D eigenvalue weighted by atomic mass is 9.64. The van der Waals surface area contributed by atoms with Crippen LogP contribution in [0.5, 0.6) is 5.75 Å². The van der Waals surface area contributed by atoms with Crippen molar-refractivity contribution in [1.29, 1.82) is 0 Å². The Morgan fingerprint density at radius 2 is 1.77 bits per heavy atom. The second-order valence-electron chi connectivity index (χ2n) is 3.41. The van der Waals surface area contributed by atoms with Crippen molar-refractivity contribution in [3.05, 3.63) is 24.3 Å². The highest BCUT2D eigenvalue weighted by Gasteiger charge is 2.05. The summed E-state index contributed by atoms with van der Waals surface area (Å²) in [6, 6.07) is 7.51. The summed E-state index contributed by atoms with van der Waals surface area (Å²) in [5.41, 5.74) is 0.913. The summed E-state index contributed by atoms with van der Waals surface area (Å²) in [6.45, 7) is 5.32. The molecule has 0 fully saturated rings. The molecule has 0 unspecified atom stereocenters. The highest BCUT2D eigenvalue weighted by molar-refractivity contribution is 6.64. The van der Waals surface area contributed by atoms with Crippen LogP contribution in [0.4, 0.5) is 0 Å². The van der Waals surface area contributed by atoms with Gasteiger partial charge in [-0.05, 0) is 31.4 Å². The van der Waals surface area contributed by atoms with Gasteiger partial charge in [-0.15, -0.1) is 0 Å². The zero-order valence-corrected chi connectivity index (χ0v) is 8.32. The van der Waals surface area contributed by atoms with Crippen molar-refractivity contribution in [2.24, 2.45) is 0 Å². The number of benzene rings is 1. The SMILES string of the molecule is CB(O)c1ccc(OC(C)C)cc1. The lowest BCUT2D eigenvalue weighted by molar-refractivity contribution is 0.242. The van der Waals surface area contributed by atoms with Gasteiger partial charge in [0.2, 0.25) is 0 Å². The van der Waals surface area contributed by atoms with E-state index in [1.54, 1.807) is 6.82 Å². The molecule has 70 valence electrons. The summed E-state index contributed by atoms with van der Waals surface area (Å²) >= 11 is 0. The van der Waals surface area contributed by atoms with Crippen molar-refractivity contribution >= 4 is 12.4 Å². The maximum atomic E-state index is 9.26. The van der Waals surface area contributed by atoms with Gasteiger partial charge in [-0.1, -0.05) is 19.0 Å². The van der Waals surface area contributed by atoms with Gasteiger partial charge in [-0.3, -0.25) is 0 Å². The summed E-state index contributed by atoms with van der Waals surface area (Å²) < 4.78 is 5.47. The van der Waals surface area contributed by atoms with Crippen molar-refractivity contribution in [2.45, 2.75) is 26.8 Å². The number of hydrogen-bond donors (Lipinski definition) is 1. The molecule has 0 aliphatic carbocycles. The molecule has 0 amide bonds.